The van der Waals surface area contributed by atoms with Crippen molar-refractivity contribution in [3.05, 3.63) is 28.8 Å². The van der Waals surface area contributed by atoms with Crippen molar-refractivity contribution in [1.82, 2.24) is 5.32 Å². The van der Waals surface area contributed by atoms with Gasteiger partial charge in [-0.05, 0) is 31.0 Å². The van der Waals surface area contributed by atoms with Crippen molar-refractivity contribution in [2.45, 2.75) is 25.3 Å². The van der Waals surface area contributed by atoms with Crippen LogP contribution in [0.4, 0.5) is 0 Å². The third-order valence-electron chi connectivity index (χ3n) is 3.35. The molecule has 1 aromatic carbocycles. The molecule has 0 aliphatic heterocycles. The van der Waals surface area contributed by atoms with Gasteiger partial charge in [0.2, 0.25) is 0 Å². The topological polar surface area (TPSA) is 86.6 Å². The highest BCUT2D eigenvalue weighted by atomic mass is 35.5. The first-order valence-corrected chi connectivity index (χ1v) is 6.39. The number of hydrogen-bond donors (Lipinski definition) is 3. The Labute approximate surface area is 115 Å². The van der Waals surface area contributed by atoms with Crippen molar-refractivity contribution in [3.63, 3.8) is 0 Å². The van der Waals surface area contributed by atoms with Crippen molar-refractivity contribution in [1.29, 1.82) is 0 Å². The lowest BCUT2D eigenvalue weighted by Gasteiger charge is -2.17. The van der Waals surface area contributed by atoms with Crippen LogP contribution in [0.3, 0.4) is 0 Å². The minimum absolute atomic E-state index is 0.0976. The molecule has 0 heterocycles. The zero-order valence-electron chi connectivity index (χ0n) is 10.1. The van der Waals surface area contributed by atoms with Gasteiger partial charge >= 0.3 is 5.97 Å². The molecule has 0 saturated heterocycles. The van der Waals surface area contributed by atoms with Gasteiger partial charge in [0.05, 0.1) is 11.5 Å². The number of hydrogen-bond acceptors (Lipinski definition) is 3. The summed E-state index contributed by atoms with van der Waals surface area (Å²) in [7, 11) is 0. The van der Waals surface area contributed by atoms with E-state index in [0.29, 0.717) is 17.9 Å². The van der Waals surface area contributed by atoms with Crippen molar-refractivity contribution < 1.29 is 19.8 Å². The molecule has 19 heavy (non-hydrogen) atoms. The van der Waals surface area contributed by atoms with Gasteiger partial charge in [0, 0.05) is 11.1 Å². The first kappa shape index (κ1) is 13.7. The number of carboxylic acid groups (broad SMARTS) is 1. The fraction of sp³-hybridized carbons (Fsp3) is 0.385. The molecule has 102 valence electrons. The van der Waals surface area contributed by atoms with Gasteiger partial charge < -0.3 is 15.5 Å². The predicted octanol–water partition coefficient (Wildman–Crippen LogP) is 2.03. The summed E-state index contributed by atoms with van der Waals surface area (Å²) in [5.74, 6) is -2.15. The van der Waals surface area contributed by atoms with Crippen LogP contribution < -0.4 is 5.32 Å². The molecule has 0 aromatic heterocycles. The summed E-state index contributed by atoms with van der Waals surface area (Å²) in [6.07, 6.45) is 1.97. The Morgan fingerprint density at radius 2 is 2.05 bits per heavy atom. The standard InChI is InChI=1S/C13H14ClNO4/c14-7-4-5-9(11(16)6-7)12(17)15-10-3-1-2-8(10)13(18)19/h4-6,8,10,16H,1-3H2,(H,15,17)(H,18,19). The molecule has 5 nitrogen and oxygen atoms in total. The maximum atomic E-state index is 12.0. The number of benzene rings is 1. The van der Waals surface area contributed by atoms with Crippen molar-refractivity contribution in [2.75, 3.05) is 0 Å². The number of aromatic hydroxyl groups is 1. The number of nitrogens with one attached hydrogen (secondary N) is 1. The maximum absolute atomic E-state index is 12.0. The summed E-state index contributed by atoms with van der Waals surface area (Å²) in [5.41, 5.74) is 0.0976. The SMILES string of the molecule is O=C(NC1CCCC1C(=O)O)c1ccc(Cl)cc1O. The van der Waals surface area contributed by atoms with Gasteiger partial charge in [-0.1, -0.05) is 18.0 Å². The van der Waals surface area contributed by atoms with Gasteiger partial charge in [-0.15, -0.1) is 0 Å². The van der Waals surface area contributed by atoms with E-state index in [0.717, 1.165) is 6.42 Å². The quantitative estimate of drug-likeness (QED) is 0.792. The second-order valence-corrected chi connectivity index (χ2v) is 5.05. The van der Waals surface area contributed by atoms with E-state index < -0.39 is 17.8 Å². The average Bonchev–Trinajstić information content (AvgIpc) is 2.76. The highest BCUT2D eigenvalue weighted by Crippen LogP contribution is 2.27. The molecule has 2 unspecified atom stereocenters. The summed E-state index contributed by atoms with van der Waals surface area (Å²) >= 11 is 5.69. The highest BCUT2D eigenvalue weighted by molar-refractivity contribution is 6.30. The summed E-state index contributed by atoms with van der Waals surface area (Å²) < 4.78 is 0. The number of aliphatic carboxylic acids is 1. The summed E-state index contributed by atoms with van der Waals surface area (Å²) in [6, 6.07) is 3.80. The molecule has 6 heteroatoms. The molecule has 0 spiro atoms. The Balaban J connectivity index is 2.10. The molecule has 1 aromatic rings. The van der Waals surface area contributed by atoms with E-state index in [9.17, 15) is 14.7 Å². The second kappa shape index (κ2) is 5.48. The van der Waals surface area contributed by atoms with Crippen molar-refractivity contribution in [3.8, 4) is 5.75 Å². The summed E-state index contributed by atoms with van der Waals surface area (Å²) in [4.78, 5) is 23.0. The largest absolute Gasteiger partial charge is 0.507 e. The molecule has 2 rings (SSSR count). The lowest BCUT2D eigenvalue weighted by molar-refractivity contribution is -0.142. The Morgan fingerprint density at radius 1 is 1.32 bits per heavy atom. The van der Waals surface area contributed by atoms with E-state index in [4.69, 9.17) is 16.7 Å². The van der Waals surface area contributed by atoms with E-state index in [1.807, 2.05) is 0 Å². The Morgan fingerprint density at radius 3 is 2.68 bits per heavy atom. The van der Waals surface area contributed by atoms with Gasteiger partial charge in [0.25, 0.3) is 5.91 Å². The first-order valence-electron chi connectivity index (χ1n) is 6.01. The van der Waals surface area contributed by atoms with E-state index in [2.05, 4.69) is 5.32 Å². The maximum Gasteiger partial charge on any atom is 0.308 e. The van der Waals surface area contributed by atoms with Crippen LogP contribution in [-0.2, 0) is 4.79 Å². The first-order chi connectivity index (χ1) is 8.99. The smallest absolute Gasteiger partial charge is 0.308 e. The Kier molecular flexibility index (Phi) is 3.95. The number of rotatable bonds is 3. The zero-order valence-corrected chi connectivity index (χ0v) is 10.9. The number of carboxylic acids is 1. The molecule has 0 bridgehead atoms. The summed E-state index contributed by atoms with van der Waals surface area (Å²) in [6.45, 7) is 0. The van der Waals surface area contributed by atoms with Gasteiger partial charge in [0.1, 0.15) is 5.75 Å². The number of amides is 1. The lowest BCUT2D eigenvalue weighted by Crippen LogP contribution is -2.40. The van der Waals surface area contributed by atoms with Crippen molar-refractivity contribution >= 4 is 23.5 Å². The fourth-order valence-corrected chi connectivity index (χ4v) is 2.54. The normalized spacial score (nSPS) is 22.2. The molecule has 3 N–H and O–H groups in total. The minimum atomic E-state index is -0.900. The van der Waals surface area contributed by atoms with Crippen LogP contribution in [0.5, 0.6) is 5.75 Å². The van der Waals surface area contributed by atoms with Crippen LogP contribution in [0.25, 0.3) is 0 Å². The van der Waals surface area contributed by atoms with Gasteiger partial charge in [-0.3, -0.25) is 9.59 Å². The van der Waals surface area contributed by atoms with Crippen LogP contribution >= 0.6 is 11.6 Å². The molecule has 2 atom stereocenters. The number of carbonyl (C=O) groups is 2. The van der Waals surface area contributed by atoms with Crippen molar-refractivity contribution in [2.24, 2.45) is 5.92 Å². The van der Waals surface area contributed by atoms with E-state index >= 15 is 0 Å². The van der Waals surface area contributed by atoms with Crippen LogP contribution in [0.1, 0.15) is 29.6 Å². The zero-order chi connectivity index (χ0) is 14.0. The van der Waals surface area contributed by atoms with Crippen LogP contribution in [0.2, 0.25) is 5.02 Å². The molecular formula is C13H14ClNO4. The number of phenols is 1. The Hall–Kier alpha value is -1.75. The average molecular weight is 284 g/mol. The fourth-order valence-electron chi connectivity index (χ4n) is 2.37. The molecule has 1 saturated carbocycles. The van der Waals surface area contributed by atoms with E-state index in [1.165, 1.54) is 18.2 Å². The number of phenolic OH excluding ortho intramolecular Hbond substituents is 1. The van der Waals surface area contributed by atoms with E-state index in [1.54, 1.807) is 0 Å². The lowest BCUT2D eigenvalue weighted by atomic mass is 10.0. The summed E-state index contributed by atoms with van der Waals surface area (Å²) in [5, 5.41) is 21.7. The monoisotopic (exact) mass is 283 g/mol. The van der Waals surface area contributed by atoms with Gasteiger partial charge in [-0.25, -0.2) is 0 Å². The number of carbonyl (C=O) groups excluding carboxylic acids is 1. The minimum Gasteiger partial charge on any atom is -0.507 e. The van der Waals surface area contributed by atoms with E-state index in [-0.39, 0.29) is 17.4 Å². The molecular weight excluding hydrogens is 270 g/mol. The third kappa shape index (κ3) is 2.98. The molecule has 1 aliphatic carbocycles. The third-order valence-corrected chi connectivity index (χ3v) is 3.59. The molecule has 0 radical (unpaired) electrons. The second-order valence-electron chi connectivity index (χ2n) is 4.62. The Bertz CT molecular complexity index is 517. The molecule has 1 amide bonds. The molecule has 1 aliphatic rings. The number of halogens is 1. The highest BCUT2D eigenvalue weighted by Gasteiger charge is 2.34. The predicted molar refractivity (Wildman–Crippen MR) is 69.3 cm³/mol. The van der Waals surface area contributed by atoms with Crippen LogP contribution in [-0.4, -0.2) is 28.1 Å². The molecule has 1 fully saturated rings. The van der Waals surface area contributed by atoms with Crippen LogP contribution in [0, 0.1) is 5.92 Å². The van der Waals surface area contributed by atoms with Gasteiger partial charge in [0.15, 0.2) is 0 Å². The van der Waals surface area contributed by atoms with Crippen LogP contribution in [0.15, 0.2) is 18.2 Å². The van der Waals surface area contributed by atoms with Gasteiger partial charge in [-0.2, -0.15) is 0 Å².